The average Bonchev–Trinajstić information content (AvgIpc) is 2.64. The molecule has 0 saturated carbocycles. The number of carbonyl (C=O) groups excluding carboxylic acids is 1. The summed E-state index contributed by atoms with van der Waals surface area (Å²) in [5.41, 5.74) is 1.76. The lowest BCUT2D eigenvalue weighted by atomic mass is 10.1. The summed E-state index contributed by atoms with van der Waals surface area (Å²) in [4.78, 5) is 16.3. The van der Waals surface area contributed by atoms with E-state index in [0.29, 0.717) is 29.9 Å². The second kappa shape index (κ2) is 7.95. The fourth-order valence-electron chi connectivity index (χ4n) is 3.28. The van der Waals surface area contributed by atoms with Gasteiger partial charge < -0.3 is 9.64 Å². The van der Waals surface area contributed by atoms with E-state index in [2.05, 4.69) is 6.07 Å². The Morgan fingerprint density at radius 2 is 2.11 bits per heavy atom. The SMILES string of the molecule is COc1c(F)cc(CN2CC(=O)N(c3ccccc3C#N)C[C@@H]2C)cc1Cl. The molecule has 0 N–H and O–H groups in total. The molecule has 1 aliphatic rings. The summed E-state index contributed by atoms with van der Waals surface area (Å²) < 4.78 is 19.0. The minimum absolute atomic E-state index is 0.0162. The summed E-state index contributed by atoms with van der Waals surface area (Å²) in [6.45, 7) is 3.01. The molecule has 7 heteroatoms. The van der Waals surface area contributed by atoms with Crippen LogP contribution in [0.1, 0.15) is 18.1 Å². The molecule has 0 radical (unpaired) electrons. The third kappa shape index (κ3) is 3.90. The van der Waals surface area contributed by atoms with E-state index in [0.717, 1.165) is 0 Å². The van der Waals surface area contributed by atoms with Crippen molar-refractivity contribution in [2.24, 2.45) is 0 Å². The molecule has 3 rings (SSSR count). The van der Waals surface area contributed by atoms with E-state index >= 15 is 0 Å². The van der Waals surface area contributed by atoms with Crippen LogP contribution in [0.2, 0.25) is 5.02 Å². The minimum Gasteiger partial charge on any atom is -0.492 e. The highest BCUT2D eigenvalue weighted by atomic mass is 35.5. The minimum atomic E-state index is -0.527. The number of halogens is 2. The lowest BCUT2D eigenvalue weighted by Gasteiger charge is -2.39. The fraction of sp³-hybridized carbons (Fsp3) is 0.300. The van der Waals surface area contributed by atoms with Gasteiger partial charge in [-0.1, -0.05) is 23.7 Å². The number of rotatable bonds is 4. The van der Waals surface area contributed by atoms with Crippen molar-refractivity contribution >= 4 is 23.2 Å². The van der Waals surface area contributed by atoms with Gasteiger partial charge in [-0.3, -0.25) is 9.69 Å². The largest absolute Gasteiger partial charge is 0.492 e. The van der Waals surface area contributed by atoms with Crippen molar-refractivity contribution < 1.29 is 13.9 Å². The van der Waals surface area contributed by atoms with Crippen molar-refractivity contribution in [3.05, 3.63) is 58.4 Å². The highest BCUT2D eigenvalue weighted by molar-refractivity contribution is 6.32. The third-order valence-electron chi connectivity index (χ3n) is 4.67. The molecule has 140 valence electrons. The van der Waals surface area contributed by atoms with E-state index in [-0.39, 0.29) is 29.3 Å². The predicted octanol–water partition coefficient (Wildman–Crippen LogP) is 3.60. The molecular formula is C20H19ClFN3O2. The molecule has 0 aromatic heterocycles. The molecule has 1 saturated heterocycles. The van der Waals surface area contributed by atoms with Gasteiger partial charge in [0.05, 0.1) is 29.9 Å². The van der Waals surface area contributed by atoms with Crippen LogP contribution < -0.4 is 9.64 Å². The Bertz CT molecular complexity index is 889. The van der Waals surface area contributed by atoms with E-state index in [1.165, 1.54) is 13.2 Å². The zero-order valence-corrected chi connectivity index (χ0v) is 15.8. The smallest absolute Gasteiger partial charge is 0.241 e. The van der Waals surface area contributed by atoms with Crippen molar-refractivity contribution in [1.82, 2.24) is 4.90 Å². The lowest BCUT2D eigenvalue weighted by Crippen LogP contribution is -2.55. The van der Waals surface area contributed by atoms with Crippen LogP contribution >= 0.6 is 11.6 Å². The highest BCUT2D eigenvalue weighted by Crippen LogP contribution is 2.30. The topological polar surface area (TPSA) is 56.6 Å². The van der Waals surface area contributed by atoms with Crippen LogP contribution in [0, 0.1) is 17.1 Å². The van der Waals surface area contributed by atoms with Crippen LogP contribution in [0.5, 0.6) is 5.75 Å². The van der Waals surface area contributed by atoms with Crippen LogP contribution in [0.25, 0.3) is 0 Å². The maximum atomic E-state index is 14.1. The van der Waals surface area contributed by atoms with Gasteiger partial charge in [0.1, 0.15) is 6.07 Å². The average molecular weight is 388 g/mol. The molecule has 0 bridgehead atoms. The third-order valence-corrected chi connectivity index (χ3v) is 4.95. The molecule has 27 heavy (non-hydrogen) atoms. The first-order valence-corrected chi connectivity index (χ1v) is 8.87. The van der Waals surface area contributed by atoms with E-state index < -0.39 is 5.82 Å². The van der Waals surface area contributed by atoms with Crippen molar-refractivity contribution in [3.63, 3.8) is 0 Å². The highest BCUT2D eigenvalue weighted by Gasteiger charge is 2.31. The molecule has 5 nitrogen and oxygen atoms in total. The van der Waals surface area contributed by atoms with Crippen molar-refractivity contribution in [2.75, 3.05) is 25.1 Å². The van der Waals surface area contributed by atoms with Gasteiger partial charge in [0.15, 0.2) is 11.6 Å². The molecule has 0 unspecified atom stereocenters. The van der Waals surface area contributed by atoms with Crippen LogP contribution in [-0.2, 0) is 11.3 Å². The molecule has 2 aromatic rings. The van der Waals surface area contributed by atoms with Crippen molar-refractivity contribution in [3.8, 4) is 11.8 Å². The van der Waals surface area contributed by atoms with Gasteiger partial charge >= 0.3 is 0 Å². The summed E-state index contributed by atoms with van der Waals surface area (Å²) in [7, 11) is 1.36. The number of piperazine rings is 1. The zero-order chi connectivity index (χ0) is 19.6. The molecule has 2 aromatic carbocycles. The number of methoxy groups -OCH3 is 1. The van der Waals surface area contributed by atoms with E-state index in [4.69, 9.17) is 16.3 Å². The van der Waals surface area contributed by atoms with Crippen LogP contribution in [-0.4, -0.2) is 37.0 Å². The number of ether oxygens (including phenoxy) is 1. The number of amides is 1. The maximum absolute atomic E-state index is 14.1. The monoisotopic (exact) mass is 387 g/mol. The first-order chi connectivity index (χ1) is 12.9. The maximum Gasteiger partial charge on any atom is 0.241 e. The van der Waals surface area contributed by atoms with Crippen LogP contribution in [0.15, 0.2) is 36.4 Å². The quantitative estimate of drug-likeness (QED) is 0.804. The summed E-state index contributed by atoms with van der Waals surface area (Å²) in [6.07, 6.45) is 0. The Morgan fingerprint density at radius 1 is 1.37 bits per heavy atom. The fourth-order valence-corrected chi connectivity index (χ4v) is 3.59. The van der Waals surface area contributed by atoms with Gasteiger partial charge in [0.25, 0.3) is 0 Å². The molecule has 1 amide bonds. The number of hydrogen-bond acceptors (Lipinski definition) is 4. The summed E-state index contributed by atoms with van der Waals surface area (Å²) in [5, 5.41) is 9.49. The molecule has 0 spiro atoms. The van der Waals surface area contributed by atoms with E-state index in [9.17, 15) is 14.4 Å². The number of carbonyl (C=O) groups is 1. The zero-order valence-electron chi connectivity index (χ0n) is 15.1. The van der Waals surface area contributed by atoms with Crippen molar-refractivity contribution in [2.45, 2.75) is 19.5 Å². The second-order valence-electron chi connectivity index (χ2n) is 6.48. The summed E-state index contributed by atoms with van der Waals surface area (Å²) in [6, 6.07) is 12.2. The van der Waals surface area contributed by atoms with Gasteiger partial charge in [0, 0.05) is 19.1 Å². The van der Waals surface area contributed by atoms with Crippen LogP contribution in [0.3, 0.4) is 0 Å². The van der Waals surface area contributed by atoms with Gasteiger partial charge in [-0.2, -0.15) is 5.26 Å². The predicted molar refractivity (Wildman–Crippen MR) is 101 cm³/mol. The molecule has 1 fully saturated rings. The Kier molecular flexibility index (Phi) is 5.64. The number of hydrogen-bond donors (Lipinski definition) is 0. The van der Waals surface area contributed by atoms with Gasteiger partial charge in [0.2, 0.25) is 5.91 Å². The molecular weight excluding hydrogens is 369 g/mol. The molecule has 1 atom stereocenters. The first kappa shape index (κ1) is 19.2. The summed E-state index contributed by atoms with van der Waals surface area (Å²) in [5.74, 6) is -0.612. The lowest BCUT2D eigenvalue weighted by molar-refractivity contribution is -0.122. The number of nitrogens with zero attached hydrogens (tertiary/aromatic N) is 3. The summed E-state index contributed by atoms with van der Waals surface area (Å²) >= 11 is 6.06. The molecule has 1 aliphatic heterocycles. The second-order valence-corrected chi connectivity index (χ2v) is 6.89. The first-order valence-electron chi connectivity index (χ1n) is 8.50. The number of para-hydroxylation sites is 1. The Hall–Kier alpha value is -2.62. The molecule has 0 aliphatic carbocycles. The Balaban J connectivity index is 1.78. The normalized spacial score (nSPS) is 17.7. The molecule has 1 heterocycles. The van der Waals surface area contributed by atoms with Gasteiger partial charge in [-0.25, -0.2) is 4.39 Å². The van der Waals surface area contributed by atoms with Gasteiger partial charge in [-0.15, -0.1) is 0 Å². The standard InChI is InChI=1S/C20H19ClFN3O2/c1-13-10-25(18-6-4-3-5-15(18)9-23)19(26)12-24(13)11-14-7-16(21)20(27-2)17(22)8-14/h3-8,13H,10-12H2,1-2H3/t13-/m0/s1. The Labute approximate surface area is 162 Å². The number of anilines is 1. The Morgan fingerprint density at radius 3 is 2.78 bits per heavy atom. The number of benzene rings is 2. The van der Waals surface area contributed by atoms with E-state index in [1.807, 2.05) is 17.9 Å². The van der Waals surface area contributed by atoms with Crippen molar-refractivity contribution in [1.29, 1.82) is 5.26 Å². The van der Waals surface area contributed by atoms with E-state index in [1.54, 1.807) is 29.2 Å². The number of nitriles is 1. The van der Waals surface area contributed by atoms with Gasteiger partial charge in [-0.05, 0) is 36.8 Å². The van der Waals surface area contributed by atoms with Crippen LogP contribution in [0.4, 0.5) is 10.1 Å².